The van der Waals surface area contributed by atoms with Crippen LogP contribution in [0.4, 0.5) is 17.1 Å². The summed E-state index contributed by atoms with van der Waals surface area (Å²) in [6, 6.07) is 75.0. The Hall–Kier alpha value is -7.88. The molecule has 0 saturated carbocycles. The Morgan fingerprint density at radius 2 is 1.08 bits per heavy atom. The van der Waals surface area contributed by atoms with Gasteiger partial charge in [-0.25, -0.2) is 0 Å². The predicted octanol–water partition coefficient (Wildman–Crippen LogP) is 15.4. The average molecular weight is 781 g/mol. The summed E-state index contributed by atoms with van der Waals surface area (Å²) in [7, 11) is 0. The fourth-order valence-corrected chi connectivity index (χ4v) is 9.72. The first-order valence-corrected chi connectivity index (χ1v) is 21.1. The number of para-hydroxylation sites is 3. The summed E-state index contributed by atoms with van der Waals surface area (Å²) >= 11 is 0. The van der Waals surface area contributed by atoms with Crippen molar-refractivity contribution in [3.05, 3.63) is 236 Å². The van der Waals surface area contributed by atoms with Crippen molar-refractivity contribution in [3.8, 4) is 44.8 Å². The van der Waals surface area contributed by atoms with Crippen molar-refractivity contribution >= 4 is 49.6 Å². The van der Waals surface area contributed by atoms with Crippen LogP contribution in [0.1, 0.15) is 11.5 Å². The first-order chi connectivity index (χ1) is 30.3. The molecule has 10 aromatic rings. The van der Waals surface area contributed by atoms with E-state index in [9.17, 15) is 0 Å². The third kappa shape index (κ3) is 5.89. The van der Waals surface area contributed by atoms with Gasteiger partial charge < -0.3 is 14.2 Å². The lowest BCUT2D eigenvalue weighted by molar-refractivity contribution is 0.269. The Balaban J connectivity index is 1.07. The van der Waals surface area contributed by atoms with Gasteiger partial charge in [-0.2, -0.15) is 0 Å². The van der Waals surface area contributed by atoms with Crippen molar-refractivity contribution in [2.45, 2.75) is 12.0 Å². The second-order valence-corrected chi connectivity index (χ2v) is 16.0. The first-order valence-electron chi connectivity index (χ1n) is 21.1. The topological polar surface area (TPSA) is 17.4 Å². The van der Waals surface area contributed by atoms with Gasteiger partial charge in [-0.15, -0.1) is 0 Å². The Morgan fingerprint density at radius 3 is 1.92 bits per heavy atom. The Morgan fingerprint density at radius 1 is 0.426 bits per heavy atom. The van der Waals surface area contributed by atoms with Crippen LogP contribution in [0.25, 0.3) is 71.6 Å². The lowest BCUT2D eigenvalue weighted by Crippen LogP contribution is -2.15. The second kappa shape index (κ2) is 14.4. The van der Waals surface area contributed by atoms with E-state index in [0.29, 0.717) is 0 Å². The van der Waals surface area contributed by atoms with E-state index in [4.69, 9.17) is 4.74 Å². The van der Waals surface area contributed by atoms with Crippen LogP contribution in [0.3, 0.4) is 0 Å². The van der Waals surface area contributed by atoms with Crippen LogP contribution in [0.5, 0.6) is 5.75 Å². The highest BCUT2D eigenvalue weighted by molar-refractivity contribution is 6.11. The SMILES string of the molecule is C1=CC2Oc3ccc4cc(-c5ccc(N(c6ccc7c(c6)c6ccccc6n7-c6ccccc6)c6ccccc6-c6ccccc6)c(-c6ccccc6)c5)ccc4c3C2C=C1. The van der Waals surface area contributed by atoms with E-state index in [1.807, 2.05) is 0 Å². The summed E-state index contributed by atoms with van der Waals surface area (Å²) in [5, 5.41) is 4.89. The van der Waals surface area contributed by atoms with Gasteiger partial charge >= 0.3 is 0 Å². The zero-order chi connectivity index (χ0) is 40.3. The highest BCUT2D eigenvalue weighted by Gasteiger charge is 2.33. The van der Waals surface area contributed by atoms with E-state index < -0.39 is 0 Å². The van der Waals surface area contributed by atoms with Crippen molar-refractivity contribution in [3.63, 3.8) is 0 Å². The average Bonchev–Trinajstić information content (AvgIpc) is 3.88. The molecule has 1 aliphatic heterocycles. The summed E-state index contributed by atoms with van der Waals surface area (Å²) in [5.74, 6) is 1.22. The molecule has 3 nitrogen and oxygen atoms in total. The molecule has 2 heterocycles. The predicted molar refractivity (Wildman–Crippen MR) is 255 cm³/mol. The number of hydrogen-bond acceptors (Lipinski definition) is 2. The number of fused-ring (bicyclic) bond motifs is 8. The fourth-order valence-electron chi connectivity index (χ4n) is 9.72. The molecule has 0 amide bonds. The quantitative estimate of drug-likeness (QED) is 0.160. The van der Waals surface area contributed by atoms with Crippen molar-refractivity contribution < 1.29 is 4.74 Å². The number of allylic oxidation sites excluding steroid dienone is 2. The van der Waals surface area contributed by atoms with Crippen LogP contribution in [0.2, 0.25) is 0 Å². The fraction of sp³-hybridized carbons (Fsp3) is 0.0345. The van der Waals surface area contributed by atoms with Crippen LogP contribution in [0, 0.1) is 0 Å². The normalized spacial score (nSPS) is 15.2. The third-order valence-corrected chi connectivity index (χ3v) is 12.5. The summed E-state index contributed by atoms with van der Waals surface area (Å²) < 4.78 is 8.75. The number of nitrogens with zero attached hydrogens (tertiary/aromatic N) is 2. The van der Waals surface area contributed by atoms with Crippen LogP contribution in [-0.2, 0) is 0 Å². The van der Waals surface area contributed by atoms with Crippen LogP contribution in [-0.4, -0.2) is 10.7 Å². The Bertz CT molecular complexity index is 3340. The number of benzene rings is 9. The molecule has 2 aliphatic rings. The van der Waals surface area contributed by atoms with E-state index in [1.165, 1.54) is 49.3 Å². The Kier molecular flexibility index (Phi) is 8.31. The number of rotatable bonds is 7. The van der Waals surface area contributed by atoms with Crippen LogP contribution in [0.15, 0.2) is 231 Å². The zero-order valence-electron chi connectivity index (χ0n) is 33.4. The van der Waals surface area contributed by atoms with Crippen LogP contribution >= 0.6 is 0 Å². The van der Waals surface area contributed by atoms with E-state index in [2.05, 4.69) is 240 Å². The summed E-state index contributed by atoms with van der Waals surface area (Å²) in [4.78, 5) is 2.47. The molecule has 0 N–H and O–H groups in total. The molecule has 0 radical (unpaired) electrons. The van der Waals surface area contributed by atoms with Crippen molar-refractivity contribution in [2.75, 3.05) is 4.90 Å². The lowest BCUT2D eigenvalue weighted by atomic mass is 9.87. The summed E-state index contributed by atoms with van der Waals surface area (Å²) in [6.07, 6.45) is 8.73. The van der Waals surface area contributed by atoms with Crippen molar-refractivity contribution in [1.29, 1.82) is 0 Å². The lowest BCUT2D eigenvalue weighted by Gasteiger charge is -2.30. The third-order valence-electron chi connectivity index (χ3n) is 12.5. The van der Waals surface area contributed by atoms with Gasteiger partial charge in [0.25, 0.3) is 0 Å². The van der Waals surface area contributed by atoms with Crippen molar-refractivity contribution in [2.24, 2.45) is 0 Å². The molecule has 0 saturated heterocycles. The van der Waals surface area contributed by atoms with Gasteiger partial charge in [0.05, 0.1) is 22.4 Å². The number of anilines is 3. The minimum absolute atomic E-state index is 0.0597. The summed E-state index contributed by atoms with van der Waals surface area (Å²) in [5.41, 5.74) is 15.1. The van der Waals surface area contributed by atoms with Gasteiger partial charge in [-0.05, 0) is 106 Å². The number of hydrogen-bond donors (Lipinski definition) is 0. The standard InChI is InChI=1S/C58H40N2O/c1-4-16-39(17-5-1)46-22-10-13-25-52(46)60(45-31-34-55-51(38-45)48-23-11-14-26-53(48)59(55)44-20-8-3-9-21-44)54-33-29-42(37-50(54)40-18-6-2-7-19-40)41-28-32-47-43(36-41)30-35-57-58(47)49-24-12-15-27-56(49)61-57/h1-38,49,56H. The molecule has 12 rings (SSSR count). The number of aromatic nitrogens is 1. The molecule has 1 aliphatic carbocycles. The van der Waals surface area contributed by atoms with Crippen LogP contribution < -0.4 is 9.64 Å². The van der Waals surface area contributed by atoms with Gasteiger partial charge in [0.15, 0.2) is 0 Å². The molecule has 0 spiro atoms. The maximum absolute atomic E-state index is 6.37. The van der Waals surface area contributed by atoms with E-state index >= 15 is 0 Å². The molecule has 288 valence electrons. The first kappa shape index (κ1) is 35.1. The van der Waals surface area contributed by atoms with E-state index in [0.717, 1.165) is 50.8 Å². The van der Waals surface area contributed by atoms with Gasteiger partial charge in [-0.3, -0.25) is 0 Å². The molecule has 2 unspecified atom stereocenters. The minimum Gasteiger partial charge on any atom is -0.485 e. The van der Waals surface area contributed by atoms with Gasteiger partial charge in [0, 0.05) is 44.8 Å². The zero-order valence-corrected chi connectivity index (χ0v) is 33.4. The molecule has 9 aromatic carbocycles. The van der Waals surface area contributed by atoms with E-state index in [1.54, 1.807) is 0 Å². The molecular weight excluding hydrogens is 741 g/mol. The monoisotopic (exact) mass is 780 g/mol. The number of ether oxygens (including phenoxy) is 1. The Labute approximate surface area is 355 Å². The molecule has 2 atom stereocenters. The molecular formula is C58H40N2O. The van der Waals surface area contributed by atoms with Gasteiger partial charge in [0.2, 0.25) is 0 Å². The van der Waals surface area contributed by atoms with E-state index in [-0.39, 0.29) is 12.0 Å². The minimum atomic E-state index is 0.0597. The second-order valence-electron chi connectivity index (χ2n) is 16.0. The molecule has 1 aromatic heterocycles. The largest absolute Gasteiger partial charge is 0.485 e. The smallest absolute Gasteiger partial charge is 0.128 e. The molecule has 3 heteroatoms. The molecule has 0 fully saturated rings. The summed E-state index contributed by atoms with van der Waals surface area (Å²) in [6.45, 7) is 0. The maximum atomic E-state index is 6.37. The molecule has 61 heavy (non-hydrogen) atoms. The van der Waals surface area contributed by atoms with Gasteiger partial charge in [-0.1, -0.05) is 158 Å². The maximum Gasteiger partial charge on any atom is 0.128 e. The van der Waals surface area contributed by atoms with Gasteiger partial charge in [0.1, 0.15) is 11.9 Å². The molecule has 0 bridgehead atoms. The highest BCUT2D eigenvalue weighted by Crippen LogP contribution is 2.49. The van der Waals surface area contributed by atoms with Crippen molar-refractivity contribution in [1.82, 2.24) is 4.57 Å². The highest BCUT2D eigenvalue weighted by atomic mass is 16.5.